The minimum absolute atomic E-state index is 0.207. The lowest BCUT2D eigenvalue weighted by molar-refractivity contribution is -0.137. The van der Waals surface area contributed by atoms with E-state index in [1.165, 1.54) is 30.4 Å². The molecule has 0 heterocycles. The quantitative estimate of drug-likeness (QED) is 0.248. The molecule has 224 valence electrons. The second-order valence-electron chi connectivity index (χ2n) is 11.3. The van der Waals surface area contributed by atoms with Gasteiger partial charge in [0.05, 0.1) is 22.5 Å². The molecule has 0 bridgehead atoms. The van der Waals surface area contributed by atoms with Gasteiger partial charge in [-0.25, -0.2) is 13.1 Å². The Hall–Kier alpha value is -3.21. The number of hydrogen-bond acceptors (Lipinski definition) is 4. The third-order valence-electron chi connectivity index (χ3n) is 8.27. The van der Waals surface area contributed by atoms with Gasteiger partial charge in [0.15, 0.2) is 0 Å². The Bertz CT molecular complexity index is 1510. The first kappa shape index (κ1) is 30.3. The predicted octanol–water partition coefficient (Wildman–Crippen LogP) is 6.51. The zero-order chi connectivity index (χ0) is 29.9. The van der Waals surface area contributed by atoms with Crippen LogP contribution in [0.1, 0.15) is 91.4 Å². The van der Waals surface area contributed by atoms with Crippen LogP contribution in [-0.2, 0) is 27.4 Å². The molecule has 6 nitrogen and oxygen atoms in total. The molecule has 1 unspecified atom stereocenters. The fourth-order valence-electron chi connectivity index (χ4n) is 5.72. The Morgan fingerprint density at radius 2 is 1.69 bits per heavy atom. The summed E-state index contributed by atoms with van der Waals surface area (Å²) in [7, 11) is -4.37. The molecule has 0 radical (unpaired) electrons. The number of fused-ring (bicyclic) bond motifs is 1. The zero-order valence-corrected chi connectivity index (χ0v) is 24.3. The van der Waals surface area contributed by atoms with Crippen molar-refractivity contribution in [1.29, 1.82) is 0 Å². The van der Waals surface area contributed by atoms with Crippen molar-refractivity contribution in [3.8, 4) is 0 Å². The van der Waals surface area contributed by atoms with Crippen molar-refractivity contribution in [3.05, 3.63) is 101 Å². The van der Waals surface area contributed by atoms with E-state index in [4.69, 9.17) is 0 Å². The molecular weight excluding hydrogens is 563 g/mol. The Morgan fingerprint density at radius 1 is 0.929 bits per heavy atom. The first-order valence-electron chi connectivity index (χ1n) is 14.4. The maximum atomic E-state index is 13.3. The van der Waals surface area contributed by atoms with Crippen molar-refractivity contribution in [2.75, 3.05) is 0 Å². The molecule has 2 aliphatic carbocycles. The highest BCUT2D eigenvalue weighted by molar-refractivity contribution is 7.89. The number of aryl methyl sites for hydroxylation is 1. The van der Waals surface area contributed by atoms with Crippen LogP contribution in [0, 0.1) is 0 Å². The van der Waals surface area contributed by atoms with Crippen molar-refractivity contribution in [2.24, 2.45) is 0 Å². The van der Waals surface area contributed by atoms with E-state index < -0.39 is 32.7 Å². The summed E-state index contributed by atoms with van der Waals surface area (Å²) in [6.45, 7) is 2.17. The van der Waals surface area contributed by atoms with E-state index in [0.29, 0.717) is 17.7 Å². The molecule has 0 aromatic heterocycles. The van der Waals surface area contributed by atoms with Crippen LogP contribution in [0.15, 0.2) is 77.7 Å². The lowest BCUT2D eigenvalue weighted by Crippen LogP contribution is -2.37. The van der Waals surface area contributed by atoms with E-state index in [1.807, 2.05) is 0 Å². The first-order chi connectivity index (χ1) is 20.0. The summed E-state index contributed by atoms with van der Waals surface area (Å²) in [6.07, 6.45) is 1.40. The van der Waals surface area contributed by atoms with E-state index in [0.717, 1.165) is 43.0 Å². The van der Waals surface area contributed by atoms with Gasteiger partial charge in [0.1, 0.15) is 0 Å². The average Bonchev–Trinajstić information content (AvgIpc) is 2.94. The second-order valence-corrected chi connectivity index (χ2v) is 13.0. The molecule has 2 aliphatic rings. The monoisotopic (exact) mass is 599 g/mol. The number of halogens is 3. The fourth-order valence-corrected chi connectivity index (χ4v) is 6.99. The highest BCUT2D eigenvalue weighted by Gasteiger charge is 2.33. The van der Waals surface area contributed by atoms with Gasteiger partial charge in [-0.05, 0) is 79.5 Å². The van der Waals surface area contributed by atoms with E-state index in [9.17, 15) is 26.4 Å². The fraction of sp³-hybridized carbons (Fsp3) is 0.406. The Morgan fingerprint density at radius 3 is 2.38 bits per heavy atom. The molecule has 0 saturated heterocycles. The van der Waals surface area contributed by atoms with Gasteiger partial charge in [0.2, 0.25) is 15.9 Å². The molecule has 5 rings (SSSR count). The van der Waals surface area contributed by atoms with Gasteiger partial charge in [0.25, 0.3) is 0 Å². The molecule has 0 spiro atoms. The second kappa shape index (κ2) is 12.6. The van der Waals surface area contributed by atoms with Crippen LogP contribution in [0.5, 0.6) is 0 Å². The number of nitrogens with one attached hydrogen (secondary N) is 3. The van der Waals surface area contributed by atoms with Crippen molar-refractivity contribution < 1.29 is 26.4 Å². The van der Waals surface area contributed by atoms with Gasteiger partial charge in [-0.15, -0.1) is 0 Å². The molecule has 1 saturated carbocycles. The Kier molecular flexibility index (Phi) is 9.05. The third kappa shape index (κ3) is 7.22. The van der Waals surface area contributed by atoms with Crippen LogP contribution >= 0.6 is 0 Å². The molecule has 0 aliphatic heterocycles. The third-order valence-corrected chi connectivity index (χ3v) is 9.74. The summed E-state index contributed by atoms with van der Waals surface area (Å²) in [4.78, 5) is 12.8. The molecule has 3 atom stereocenters. The number of alkyl halides is 3. The van der Waals surface area contributed by atoms with Crippen LogP contribution in [0.4, 0.5) is 13.2 Å². The summed E-state index contributed by atoms with van der Waals surface area (Å²) >= 11 is 0. The molecule has 3 aromatic rings. The molecule has 3 aromatic carbocycles. The molecular formula is C32H36F3N3O3S. The maximum absolute atomic E-state index is 13.3. The standard InChI is InChI=1S/C32H36F3N3O3S/c1-21(36-26-12-7-13-26)23-16-17-28-24(18-23)10-5-15-29(28)37-31(39)20-30(22-8-3-2-4-9-22)38-42(40,41)27-14-6-11-25(19-27)32(33,34)35/h2-4,6,8-9,11,14,16-19,21,26,29-30,36,38H,5,7,10,12-13,15,20H2,1H3,(H,37,39)/t21?,29-,30-/m1/s1. The minimum atomic E-state index is -4.69. The average molecular weight is 600 g/mol. The summed E-state index contributed by atoms with van der Waals surface area (Å²) in [5.41, 5.74) is 2.96. The summed E-state index contributed by atoms with van der Waals surface area (Å²) < 4.78 is 68.6. The topological polar surface area (TPSA) is 87.3 Å². The van der Waals surface area contributed by atoms with Gasteiger partial charge in [-0.3, -0.25) is 4.79 Å². The molecule has 10 heteroatoms. The zero-order valence-electron chi connectivity index (χ0n) is 23.5. The van der Waals surface area contributed by atoms with E-state index in [1.54, 1.807) is 30.3 Å². The van der Waals surface area contributed by atoms with Crippen LogP contribution < -0.4 is 15.4 Å². The number of amides is 1. The number of rotatable bonds is 10. The summed E-state index contributed by atoms with van der Waals surface area (Å²) in [5.74, 6) is -0.350. The minimum Gasteiger partial charge on any atom is -0.349 e. The van der Waals surface area contributed by atoms with Crippen molar-refractivity contribution >= 4 is 15.9 Å². The van der Waals surface area contributed by atoms with E-state index in [2.05, 4.69) is 40.5 Å². The van der Waals surface area contributed by atoms with Gasteiger partial charge in [-0.1, -0.05) is 61.0 Å². The number of benzene rings is 3. The van der Waals surface area contributed by atoms with Crippen molar-refractivity contribution in [1.82, 2.24) is 15.4 Å². The van der Waals surface area contributed by atoms with Crippen molar-refractivity contribution in [2.45, 2.75) is 87.1 Å². The first-order valence-corrected chi connectivity index (χ1v) is 15.9. The smallest absolute Gasteiger partial charge is 0.349 e. The predicted molar refractivity (Wildman–Crippen MR) is 155 cm³/mol. The SMILES string of the molecule is CC(NC1CCC1)c1ccc2c(c1)CCC[C@H]2NC(=O)C[C@@H](NS(=O)(=O)c1cccc(C(F)(F)F)c1)c1ccccc1. The highest BCUT2D eigenvalue weighted by atomic mass is 32.2. The highest BCUT2D eigenvalue weighted by Crippen LogP contribution is 2.34. The molecule has 42 heavy (non-hydrogen) atoms. The number of carbonyl (C=O) groups excluding carboxylic acids is 1. The van der Waals surface area contributed by atoms with Gasteiger partial charge >= 0.3 is 6.18 Å². The van der Waals surface area contributed by atoms with Crippen LogP contribution in [0.3, 0.4) is 0 Å². The number of hydrogen-bond donors (Lipinski definition) is 3. The normalized spacial score (nSPS) is 18.9. The Labute approximate surface area is 245 Å². The lowest BCUT2D eigenvalue weighted by Gasteiger charge is -2.31. The van der Waals surface area contributed by atoms with Crippen LogP contribution in [0.2, 0.25) is 0 Å². The van der Waals surface area contributed by atoms with Crippen LogP contribution in [0.25, 0.3) is 0 Å². The summed E-state index contributed by atoms with van der Waals surface area (Å²) in [6, 6.07) is 18.2. The number of sulfonamides is 1. The lowest BCUT2D eigenvalue weighted by atomic mass is 9.85. The number of carbonyl (C=O) groups is 1. The molecule has 1 fully saturated rings. The molecule has 3 N–H and O–H groups in total. The molecule has 1 amide bonds. The largest absolute Gasteiger partial charge is 0.416 e. The van der Waals surface area contributed by atoms with Crippen LogP contribution in [-0.4, -0.2) is 20.4 Å². The van der Waals surface area contributed by atoms with Gasteiger partial charge < -0.3 is 10.6 Å². The maximum Gasteiger partial charge on any atom is 0.416 e. The van der Waals surface area contributed by atoms with E-state index >= 15 is 0 Å². The van der Waals surface area contributed by atoms with Crippen molar-refractivity contribution in [3.63, 3.8) is 0 Å². The Balaban J connectivity index is 1.31. The van der Waals surface area contributed by atoms with E-state index in [-0.39, 0.29) is 24.4 Å². The van der Waals surface area contributed by atoms with Gasteiger partial charge in [0, 0.05) is 18.5 Å². The van der Waals surface area contributed by atoms with Gasteiger partial charge in [-0.2, -0.15) is 13.2 Å². The summed E-state index contributed by atoms with van der Waals surface area (Å²) in [5, 5.41) is 6.77.